The first kappa shape index (κ1) is 9.89. The average Bonchev–Trinajstić information content (AvgIpc) is 3.00. The molecule has 1 aliphatic carbocycles. The minimum Gasteiger partial charge on any atom is -0.394 e. The van der Waals surface area contributed by atoms with Gasteiger partial charge in [0.25, 0.3) is 0 Å². The molecule has 5 nitrogen and oxygen atoms in total. The number of ether oxygens (including phenoxy) is 1. The lowest BCUT2D eigenvalue weighted by Gasteiger charge is -2.25. The lowest BCUT2D eigenvalue weighted by molar-refractivity contribution is -0.127. The highest BCUT2D eigenvalue weighted by atomic mass is 16.5. The number of aliphatic hydroxyl groups excluding tert-OH is 1. The van der Waals surface area contributed by atoms with Gasteiger partial charge in [0.05, 0.1) is 25.4 Å². The number of amides is 1. The maximum Gasteiger partial charge on any atom is 0.240 e. The van der Waals surface area contributed by atoms with Crippen LogP contribution in [0, 0.1) is 0 Å². The van der Waals surface area contributed by atoms with Crippen LogP contribution in [0.5, 0.6) is 0 Å². The molecule has 1 unspecified atom stereocenters. The van der Waals surface area contributed by atoms with E-state index in [4.69, 9.17) is 9.84 Å². The third-order valence-electron chi connectivity index (χ3n) is 2.78. The molecule has 1 aliphatic heterocycles. The Bertz CT molecular complexity index is 222. The van der Waals surface area contributed by atoms with Gasteiger partial charge in [-0.2, -0.15) is 0 Å². The summed E-state index contributed by atoms with van der Waals surface area (Å²) in [6.45, 7) is 1.83. The van der Waals surface area contributed by atoms with Gasteiger partial charge in [0.1, 0.15) is 6.04 Å². The molecule has 2 aliphatic rings. The third-order valence-corrected chi connectivity index (χ3v) is 2.78. The molecular weight excluding hydrogens is 184 g/mol. The second kappa shape index (κ2) is 3.84. The van der Waals surface area contributed by atoms with Crippen molar-refractivity contribution in [2.75, 3.05) is 26.4 Å². The normalized spacial score (nSPS) is 29.6. The lowest BCUT2D eigenvalue weighted by Crippen LogP contribution is -2.54. The molecule has 80 valence electrons. The van der Waals surface area contributed by atoms with Gasteiger partial charge < -0.3 is 20.5 Å². The number of carbonyl (C=O) groups excluding carboxylic acids is 1. The summed E-state index contributed by atoms with van der Waals surface area (Å²) in [6, 6.07) is -0.257. The van der Waals surface area contributed by atoms with Crippen molar-refractivity contribution >= 4 is 5.91 Å². The maximum atomic E-state index is 11.6. The summed E-state index contributed by atoms with van der Waals surface area (Å²) in [5, 5.41) is 15.0. The van der Waals surface area contributed by atoms with Gasteiger partial charge in [-0.05, 0) is 12.8 Å². The summed E-state index contributed by atoms with van der Waals surface area (Å²) in [7, 11) is 0. The molecule has 1 amide bonds. The molecule has 0 aromatic heterocycles. The second-order valence-electron chi connectivity index (χ2n) is 4.01. The SMILES string of the molecule is O=C(NC1(CO)CC1)C1COCCN1. The average molecular weight is 200 g/mol. The number of hydrogen-bond donors (Lipinski definition) is 3. The third kappa shape index (κ3) is 2.05. The number of nitrogens with one attached hydrogen (secondary N) is 2. The van der Waals surface area contributed by atoms with Crippen molar-refractivity contribution in [2.45, 2.75) is 24.4 Å². The van der Waals surface area contributed by atoms with Crippen LogP contribution in [0.25, 0.3) is 0 Å². The summed E-state index contributed by atoms with van der Waals surface area (Å²) >= 11 is 0. The van der Waals surface area contributed by atoms with Crippen molar-refractivity contribution in [3.8, 4) is 0 Å². The molecule has 5 heteroatoms. The van der Waals surface area contributed by atoms with Crippen LogP contribution in [0.3, 0.4) is 0 Å². The van der Waals surface area contributed by atoms with Crippen LogP contribution in [-0.2, 0) is 9.53 Å². The molecule has 2 rings (SSSR count). The van der Waals surface area contributed by atoms with E-state index >= 15 is 0 Å². The van der Waals surface area contributed by atoms with E-state index in [1.54, 1.807) is 0 Å². The first-order chi connectivity index (χ1) is 6.76. The van der Waals surface area contributed by atoms with Crippen molar-refractivity contribution in [1.29, 1.82) is 0 Å². The highest BCUT2D eigenvalue weighted by Crippen LogP contribution is 2.34. The van der Waals surface area contributed by atoms with Crippen molar-refractivity contribution in [3.63, 3.8) is 0 Å². The Hall–Kier alpha value is -0.650. The minimum atomic E-state index is -0.323. The summed E-state index contributed by atoms with van der Waals surface area (Å²) in [5.74, 6) is -0.0590. The van der Waals surface area contributed by atoms with Gasteiger partial charge >= 0.3 is 0 Å². The Balaban J connectivity index is 1.82. The molecule has 0 aromatic rings. The van der Waals surface area contributed by atoms with Crippen LogP contribution in [0.15, 0.2) is 0 Å². The van der Waals surface area contributed by atoms with Crippen LogP contribution in [0.4, 0.5) is 0 Å². The number of aliphatic hydroxyl groups is 1. The van der Waals surface area contributed by atoms with Gasteiger partial charge in [-0.1, -0.05) is 0 Å². The van der Waals surface area contributed by atoms with E-state index in [1.807, 2.05) is 0 Å². The molecule has 0 aromatic carbocycles. The molecule has 1 saturated heterocycles. The summed E-state index contributed by atoms with van der Waals surface area (Å²) in [5.41, 5.74) is -0.323. The fourth-order valence-corrected chi connectivity index (χ4v) is 1.56. The zero-order chi connectivity index (χ0) is 10.0. The molecule has 1 heterocycles. The van der Waals surface area contributed by atoms with E-state index in [0.717, 1.165) is 12.8 Å². The highest BCUT2D eigenvalue weighted by molar-refractivity contribution is 5.83. The lowest BCUT2D eigenvalue weighted by atomic mass is 10.2. The van der Waals surface area contributed by atoms with Crippen LogP contribution in [0.1, 0.15) is 12.8 Å². The molecule has 0 radical (unpaired) electrons. The van der Waals surface area contributed by atoms with Gasteiger partial charge in [0.15, 0.2) is 0 Å². The highest BCUT2D eigenvalue weighted by Gasteiger charge is 2.44. The van der Waals surface area contributed by atoms with Crippen molar-refractivity contribution < 1.29 is 14.6 Å². The van der Waals surface area contributed by atoms with Crippen molar-refractivity contribution in [3.05, 3.63) is 0 Å². The first-order valence-corrected chi connectivity index (χ1v) is 5.00. The van der Waals surface area contributed by atoms with Gasteiger partial charge in [0.2, 0.25) is 5.91 Å². The van der Waals surface area contributed by atoms with E-state index in [-0.39, 0.29) is 24.1 Å². The summed E-state index contributed by atoms with van der Waals surface area (Å²) in [6.07, 6.45) is 1.76. The second-order valence-corrected chi connectivity index (χ2v) is 4.01. The van der Waals surface area contributed by atoms with Crippen molar-refractivity contribution in [1.82, 2.24) is 10.6 Å². The maximum absolute atomic E-state index is 11.6. The molecule has 14 heavy (non-hydrogen) atoms. The van der Waals surface area contributed by atoms with Gasteiger partial charge in [-0.25, -0.2) is 0 Å². The number of morpholine rings is 1. The Morgan fingerprint density at radius 1 is 1.64 bits per heavy atom. The van der Waals surface area contributed by atoms with Gasteiger partial charge in [-0.15, -0.1) is 0 Å². The molecule has 0 bridgehead atoms. The van der Waals surface area contributed by atoms with E-state index < -0.39 is 0 Å². The molecule has 1 saturated carbocycles. The predicted octanol–water partition coefficient (Wildman–Crippen LogP) is -1.38. The number of rotatable bonds is 3. The van der Waals surface area contributed by atoms with Crippen LogP contribution >= 0.6 is 0 Å². The molecule has 3 N–H and O–H groups in total. The smallest absolute Gasteiger partial charge is 0.240 e. The number of carbonyl (C=O) groups is 1. The van der Waals surface area contributed by atoms with E-state index in [9.17, 15) is 4.79 Å². The Morgan fingerprint density at radius 2 is 2.43 bits per heavy atom. The predicted molar refractivity (Wildman–Crippen MR) is 49.8 cm³/mol. The zero-order valence-electron chi connectivity index (χ0n) is 8.08. The first-order valence-electron chi connectivity index (χ1n) is 5.00. The molecular formula is C9H16N2O3. The fourth-order valence-electron chi connectivity index (χ4n) is 1.56. The van der Waals surface area contributed by atoms with Crippen LogP contribution in [-0.4, -0.2) is 49.0 Å². The topological polar surface area (TPSA) is 70.6 Å². The molecule has 2 fully saturated rings. The van der Waals surface area contributed by atoms with E-state index in [0.29, 0.717) is 19.8 Å². The quantitative estimate of drug-likeness (QED) is 0.525. The number of hydrogen-bond acceptors (Lipinski definition) is 4. The Morgan fingerprint density at radius 3 is 2.93 bits per heavy atom. The van der Waals surface area contributed by atoms with E-state index in [2.05, 4.69) is 10.6 Å². The molecule has 0 spiro atoms. The van der Waals surface area contributed by atoms with Crippen molar-refractivity contribution in [2.24, 2.45) is 0 Å². The monoisotopic (exact) mass is 200 g/mol. The van der Waals surface area contributed by atoms with Gasteiger partial charge in [0, 0.05) is 6.54 Å². The zero-order valence-corrected chi connectivity index (χ0v) is 8.08. The Labute approximate surface area is 82.8 Å². The standard InChI is InChI=1S/C9H16N2O3/c12-6-9(1-2-9)11-8(13)7-5-14-4-3-10-7/h7,10,12H,1-6H2,(H,11,13). The van der Waals surface area contributed by atoms with Crippen LogP contribution in [0.2, 0.25) is 0 Å². The summed E-state index contributed by atoms with van der Waals surface area (Å²) < 4.78 is 5.19. The van der Waals surface area contributed by atoms with E-state index in [1.165, 1.54) is 0 Å². The van der Waals surface area contributed by atoms with Crippen LogP contribution < -0.4 is 10.6 Å². The Kier molecular flexibility index (Phi) is 2.71. The van der Waals surface area contributed by atoms with Gasteiger partial charge in [-0.3, -0.25) is 4.79 Å². The summed E-state index contributed by atoms with van der Waals surface area (Å²) in [4.78, 5) is 11.6. The molecule has 1 atom stereocenters. The fraction of sp³-hybridized carbons (Fsp3) is 0.889. The minimum absolute atomic E-state index is 0.0340. The largest absolute Gasteiger partial charge is 0.394 e.